The maximum Gasteiger partial charge on any atom is 0.326 e. The fourth-order valence-corrected chi connectivity index (χ4v) is 4.12. The molecule has 1 aliphatic rings. The summed E-state index contributed by atoms with van der Waals surface area (Å²) in [6.45, 7) is 1.52. The molecule has 1 atom stereocenters. The number of aliphatic carboxylic acids is 1. The Kier molecular flexibility index (Phi) is 3.97. The van der Waals surface area contributed by atoms with Crippen LogP contribution in [0.5, 0.6) is 0 Å². The highest BCUT2D eigenvalue weighted by molar-refractivity contribution is 7.98. The van der Waals surface area contributed by atoms with Crippen molar-refractivity contribution in [3.8, 4) is 0 Å². The van der Waals surface area contributed by atoms with Crippen molar-refractivity contribution < 1.29 is 14.7 Å². The quantitative estimate of drug-likeness (QED) is 0.924. The van der Waals surface area contributed by atoms with E-state index in [4.69, 9.17) is 5.11 Å². The lowest BCUT2D eigenvalue weighted by molar-refractivity contribution is -0.141. The molecular formula is C12H15NO3S2. The monoisotopic (exact) mass is 285 g/mol. The van der Waals surface area contributed by atoms with Crippen LogP contribution < -0.4 is 0 Å². The number of carboxylic acids is 1. The van der Waals surface area contributed by atoms with Gasteiger partial charge in [-0.2, -0.15) is 11.8 Å². The van der Waals surface area contributed by atoms with Crippen LogP contribution in [0.2, 0.25) is 0 Å². The Morgan fingerprint density at radius 2 is 2.22 bits per heavy atom. The second-order valence-corrected chi connectivity index (χ2v) is 6.53. The maximum atomic E-state index is 12.2. The van der Waals surface area contributed by atoms with Gasteiger partial charge in [-0.15, -0.1) is 11.3 Å². The molecule has 0 saturated carbocycles. The molecule has 1 aromatic heterocycles. The Morgan fingerprint density at radius 1 is 1.50 bits per heavy atom. The van der Waals surface area contributed by atoms with Crippen molar-refractivity contribution in [2.24, 2.45) is 0 Å². The van der Waals surface area contributed by atoms with Crippen molar-refractivity contribution in [3.05, 3.63) is 21.4 Å². The van der Waals surface area contributed by atoms with Crippen molar-refractivity contribution in [2.45, 2.75) is 25.1 Å². The van der Waals surface area contributed by atoms with Gasteiger partial charge in [0.15, 0.2) is 0 Å². The SMILES string of the molecule is CC(C(=O)O)N(C)C(=O)c1cc2c(s1)CCSC2. The van der Waals surface area contributed by atoms with Gasteiger partial charge in [-0.1, -0.05) is 0 Å². The fourth-order valence-electron chi connectivity index (χ4n) is 1.77. The number of nitrogens with zero attached hydrogens (tertiary/aromatic N) is 1. The average Bonchev–Trinajstić information content (AvgIpc) is 2.79. The van der Waals surface area contributed by atoms with Gasteiger partial charge < -0.3 is 10.0 Å². The molecule has 4 nitrogen and oxygen atoms in total. The van der Waals surface area contributed by atoms with Crippen LogP contribution in [0.1, 0.15) is 27.0 Å². The molecule has 1 unspecified atom stereocenters. The number of carbonyl (C=O) groups excluding carboxylic acids is 1. The molecule has 1 N–H and O–H groups in total. The van der Waals surface area contributed by atoms with Crippen LogP contribution in [-0.4, -0.2) is 40.7 Å². The van der Waals surface area contributed by atoms with E-state index in [1.165, 1.54) is 40.6 Å². The molecule has 0 saturated heterocycles. The lowest BCUT2D eigenvalue weighted by Gasteiger charge is -2.20. The number of aryl methyl sites for hydroxylation is 1. The summed E-state index contributed by atoms with van der Waals surface area (Å²) in [6.07, 6.45) is 1.01. The Morgan fingerprint density at radius 3 is 2.83 bits per heavy atom. The van der Waals surface area contributed by atoms with Crippen LogP contribution in [-0.2, 0) is 17.0 Å². The van der Waals surface area contributed by atoms with Crippen LogP contribution in [0.3, 0.4) is 0 Å². The molecule has 0 aliphatic carbocycles. The molecule has 2 rings (SSSR count). The van der Waals surface area contributed by atoms with E-state index in [0.717, 1.165) is 17.9 Å². The minimum atomic E-state index is -0.984. The topological polar surface area (TPSA) is 57.6 Å². The Labute approximate surface area is 114 Å². The molecule has 0 bridgehead atoms. The number of fused-ring (bicyclic) bond motifs is 1. The predicted octanol–water partition coefficient (Wildman–Crippen LogP) is 2.08. The van der Waals surface area contributed by atoms with E-state index >= 15 is 0 Å². The number of carbonyl (C=O) groups is 2. The molecule has 0 spiro atoms. The first-order valence-corrected chi connectivity index (χ1v) is 7.67. The zero-order valence-electron chi connectivity index (χ0n) is 10.3. The van der Waals surface area contributed by atoms with Crippen molar-refractivity contribution in [3.63, 3.8) is 0 Å². The van der Waals surface area contributed by atoms with E-state index in [0.29, 0.717) is 4.88 Å². The molecule has 1 amide bonds. The molecule has 18 heavy (non-hydrogen) atoms. The van der Waals surface area contributed by atoms with E-state index in [-0.39, 0.29) is 5.91 Å². The average molecular weight is 285 g/mol. The zero-order chi connectivity index (χ0) is 13.3. The van der Waals surface area contributed by atoms with Gasteiger partial charge in [-0.05, 0) is 30.7 Å². The van der Waals surface area contributed by atoms with Gasteiger partial charge in [0.25, 0.3) is 5.91 Å². The van der Waals surface area contributed by atoms with Crippen LogP contribution in [0.4, 0.5) is 0 Å². The smallest absolute Gasteiger partial charge is 0.326 e. The number of carboxylic acid groups (broad SMARTS) is 1. The Balaban J connectivity index is 2.18. The number of hydrogen-bond donors (Lipinski definition) is 1. The zero-order valence-corrected chi connectivity index (χ0v) is 11.9. The van der Waals surface area contributed by atoms with E-state index < -0.39 is 12.0 Å². The minimum Gasteiger partial charge on any atom is -0.480 e. The van der Waals surface area contributed by atoms with Crippen LogP contribution in [0.25, 0.3) is 0 Å². The number of rotatable bonds is 3. The van der Waals surface area contributed by atoms with Gasteiger partial charge >= 0.3 is 5.97 Å². The first kappa shape index (κ1) is 13.4. The Hall–Kier alpha value is -1.01. The summed E-state index contributed by atoms with van der Waals surface area (Å²) in [5.74, 6) is 0.872. The number of thiophene rings is 1. The van der Waals surface area contributed by atoms with Gasteiger partial charge in [0.2, 0.25) is 0 Å². The van der Waals surface area contributed by atoms with Gasteiger partial charge in [0, 0.05) is 17.7 Å². The highest BCUT2D eigenvalue weighted by atomic mass is 32.2. The van der Waals surface area contributed by atoms with Crippen molar-refractivity contribution in [2.75, 3.05) is 12.8 Å². The molecule has 0 aromatic carbocycles. The van der Waals surface area contributed by atoms with Crippen LogP contribution in [0.15, 0.2) is 6.07 Å². The standard InChI is InChI=1S/C12H15NO3S2/c1-7(12(15)16)13(2)11(14)10-5-8-6-17-4-3-9(8)18-10/h5,7H,3-4,6H2,1-2H3,(H,15,16). The summed E-state index contributed by atoms with van der Waals surface area (Å²) in [7, 11) is 1.54. The summed E-state index contributed by atoms with van der Waals surface area (Å²) in [5.41, 5.74) is 1.23. The summed E-state index contributed by atoms with van der Waals surface area (Å²) in [6, 6.07) is 1.12. The third-order valence-corrected chi connectivity index (χ3v) is 5.33. The molecule has 1 aliphatic heterocycles. The molecule has 6 heteroatoms. The first-order valence-electron chi connectivity index (χ1n) is 5.70. The van der Waals surface area contributed by atoms with Gasteiger partial charge in [0.1, 0.15) is 6.04 Å². The number of hydrogen-bond acceptors (Lipinski definition) is 4. The third-order valence-electron chi connectivity index (χ3n) is 3.10. The van der Waals surface area contributed by atoms with Gasteiger partial charge in [0.05, 0.1) is 4.88 Å². The third kappa shape index (κ3) is 2.54. The molecule has 0 fully saturated rings. The molecular weight excluding hydrogens is 270 g/mol. The minimum absolute atomic E-state index is 0.200. The summed E-state index contributed by atoms with van der Waals surface area (Å²) >= 11 is 3.37. The molecule has 0 radical (unpaired) electrons. The highest BCUT2D eigenvalue weighted by Gasteiger charge is 2.25. The second kappa shape index (κ2) is 5.32. The summed E-state index contributed by atoms with van der Waals surface area (Å²) < 4.78 is 0. The number of likely N-dealkylation sites (N-methyl/N-ethyl adjacent to an activating group) is 1. The van der Waals surface area contributed by atoms with Crippen molar-refractivity contribution >= 4 is 35.0 Å². The van der Waals surface area contributed by atoms with Crippen molar-refractivity contribution in [1.29, 1.82) is 0 Å². The largest absolute Gasteiger partial charge is 0.480 e. The lowest BCUT2D eigenvalue weighted by atomic mass is 10.2. The van der Waals surface area contributed by atoms with E-state index in [1.807, 2.05) is 17.8 Å². The highest BCUT2D eigenvalue weighted by Crippen LogP contribution is 2.32. The first-order chi connectivity index (χ1) is 8.50. The molecule has 2 heterocycles. The lowest BCUT2D eigenvalue weighted by Crippen LogP contribution is -2.39. The van der Waals surface area contributed by atoms with E-state index in [2.05, 4.69) is 0 Å². The maximum absolute atomic E-state index is 12.2. The second-order valence-electron chi connectivity index (χ2n) is 4.29. The van der Waals surface area contributed by atoms with Crippen LogP contribution >= 0.6 is 23.1 Å². The summed E-state index contributed by atoms with van der Waals surface area (Å²) in [4.78, 5) is 26.3. The summed E-state index contributed by atoms with van der Waals surface area (Å²) in [5, 5.41) is 8.92. The number of thioether (sulfide) groups is 1. The fraction of sp³-hybridized carbons (Fsp3) is 0.500. The van der Waals surface area contributed by atoms with Crippen LogP contribution in [0, 0.1) is 0 Å². The van der Waals surface area contributed by atoms with Gasteiger partial charge in [-0.25, -0.2) is 4.79 Å². The van der Waals surface area contributed by atoms with E-state index in [9.17, 15) is 9.59 Å². The normalized spacial score (nSPS) is 15.9. The molecule has 1 aromatic rings. The Bertz CT molecular complexity index is 460. The predicted molar refractivity (Wildman–Crippen MR) is 73.4 cm³/mol. The van der Waals surface area contributed by atoms with Gasteiger partial charge in [-0.3, -0.25) is 4.79 Å². The molecule has 98 valence electrons. The van der Waals surface area contributed by atoms with Crippen molar-refractivity contribution in [1.82, 2.24) is 4.90 Å². The number of amides is 1. The van der Waals surface area contributed by atoms with E-state index in [1.54, 1.807) is 0 Å².